The highest BCUT2D eigenvalue weighted by atomic mass is 19.1. The number of alkyl halides is 1. The standard InChI is InChI=1S/C21H26FN5O2/c1-13-7-23-24-19(13)21(29)26-8-14-6-16(11-26)18-3-2-15(20(28)27(18)9-14)10-25-5-4-17(22)12-25/h2-3,7,14,16-17H,4-6,8-12H2,1H3,(H,23,24)/t14-,16+,17+/m0/s1. The number of pyridine rings is 1. The molecule has 29 heavy (non-hydrogen) atoms. The zero-order valence-corrected chi connectivity index (χ0v) is 16.6. The molecule has 3 aliphatic rings. The third kappa shape index (κ3) is 3.29. The average Bonchev–Trinajstić information content (AvgIpc) is 3.31. The number of halogens is 1. The van der Waals surface area contributed by atoms with Crippen molar-refractivity contribution in [2.75, 3.05) is 26.2 Å². The Kier molecular flexibility index (Phi) is 4.53. The molecule has 154 valence electrons. The van der Waals surface area contributed by atoms with Crippen molar-refractivity contribution in [3.05, 3.63) is 51.2 Å². The normalized spacial score (nSPS) is 26.6. The third-order valence-corrected chi connectivity index (χ3v) is 6.62. The molecular formula is C21H26FN5O2. The Morgan fingerprint density at radius 2 is 2.14 bits per heavy atom. The van der Waals surface area contributed by atoms with Crippen molar-refractivity contribution in [3.8, 4) is 0 Å². The summed E-state index contributed by atoms with van der Waals surface area (Å²) >= 11 is 0. The van der Waals surface area contributed by atoms with E-state index in [1.54, 1.807) is 6.20 Å². The van der Waals surface area contributed by atoms with Gasteiger partial charge in [0, 0.05) is 56.4 Å². The van der Waals surface area contributed by atoms with Crippen LogP contribution in [0.4, 0.5) is 4.39 Å². The maximum absolute atomic E-state index is 13.5. The van der Waals surface area contributed by atoms with Crippen LogP contribution in [0, 0.1) is 12.8 Å². The number of nitrogens with one attached hydrogen (secondary N) is 1. The lowest BCUT2D eigenvalue weighted by atomic mass is 9.82. The molecular weight excluding hydrogens is 373 g/mol. The Morgan fingerprint density at radius 1 is 1.28 bits per heavy atom. The number of piperidine rings is 1. The summed E-state index contributed by atoms with van der Waals surface area (Å²) in [5.74, 6) is 0.416. The van der Waals surface area contributed by atoms with Crippen molar-refractivity contribution in [2.24, 2.45) is 5.92 Å². The Morgan fingerprint density at radius 3 is 2.86 bits per heavy atom. The largest absolute Gasteiger partial charge is 0.336 e. The third-order valence-electron chi connectivity index (χ3n) is 6.62. The van der Waals surface area contributed by atoms with Crippen LogP contribution in [-0.4, -0.2) is 62.8 Å². The highest BCUT2D eigenvalue weighted by molar-refractivity contribution is 5.93. The molecule has 2 saturated heterocycles. The quantitative estimate of drug-likeness (QED) is 0.852. The van der Waals surface area contributed by atoms with E-state index in [0.717, 1.165) is 23.2 Å². The van der Waals surface area contributed by atoms with Gasteiger partial charge in [-0.05, 0) is 37.3 Å². The number of amides is 1. The van der Waals surface area contributed by atoms with Gasteiger partial charge in [0.15, 0.2) is 0 Å². The van der Waals surface area contributed by atoms with Crippen LogP contribution in [0.15, 0.2) is 23.1 Å². The summed E-state index contributed by atoms with van der Waals surface area (Å²) < 4.78 is 15.4. The summed E-state index contributed by atoms with van der Waals surface area (Å²) in [5, 5.41) is 6.78. The SMILES string of the molecule is Cc1cn[nH]c1C(=O)N1C[C@@H]2C[C@H](C1)c1ccc(CN3CC[C@@H](F)C3)c(=O)n1C2. The molecule has 3 atom stereocenters. The predicted octanol–water partition coefficient (Wildman–Crippen LogP) is 1.68. The summed E-state index contributed by atoms with van der Waals surface area (Å²) in [5.41, 5.74) is 3.20. The fraction of sp³-hybridized carbons (Fsp3) is 0.571. The smallest absolute Gasteiger partial charge is 0.272 e. The molecule has 2 aromatic heterocycles. The number of likely N-dealkylation sites (tertiary alicyclic amines) is 2. The minimum atomic E-state index is -0.781. The van der Waals surface area contributed by atoms with Gasteiger partial charge in [-0.3, -0.25) is 19.6 Å². The molecule has 0 saturated carbocycles. The van der Waals surface area contributed by atoms with Gasteiger partial charge in [-0.15, -0.1) is 0 Å². The second-order valence-corrected chi connectivity index (χ2v) is 8.76. The minimum absolute atomic E-state index is 0.0167. The molecule has 2 bridgehead atoms. The fourth-order valence-corrected chi connectivity index (χ4v) is 5.17. The van der Waals surface area contributed by atoms with E-state index in [2.05, 4.69) is 10.2 Å². The topological polar surface area (TPSA) is 74.2 Å². The van der Waals surface area contributed by atoms with Gasteiger partial charge in [-0.1, -0.05) is 6.07 Å². The molecule has 0 radical (unpaired) electrons. The maximum Gasteiger partial charge on any atom is 0.272 e. The van der Waals surface area contributed by atoms with Gasteiger partial charge in [0.25, 0.3) is 11.5 Å². The minimum Gasteiger partial charge on any atom is -0.336 e. The maximum atomic E-state index is 13.5. The van der Waals surface area contributed by atoms with Crippen LogP contribution in [-0.2, 0) is 13.1 Å². The first-order chi connectivity index (χ1) is 14.0. The van der Waals surface area contributed by atoms with Crippen molar-refractivity contribution >= 4 is 5.91 Å². The Bertz CT molecular complexity index is 999. The van der Waals surface area contributed by atoms with Gasteiger partial charge in [0.1, 0.15) is 11.9 Å². The summed E-state index contributed by atoms with van der Waals surface area (Å²) in [6.07, 6.45) is 2.44. The Balaban J connectivity index is 1.38. The number of aromatic nitrogens is 3. The summed E-state index contributed by atoms with van der Waals surface area (Å²) in [6.45, 7) is 5.41. The van der Waals surface area contributed by atoms with E-state index in [-0.39, 0.29) is 23.3 Å². The van der Waals surface area contributed by atoms with E-state index >= 15 is 0 Å². The van der Waals surface area contributed by atoms with E-state index in [1.807, 2.05) is 33.4 Å². The lowest BCUT2D eigenvalue weighted by Crippen LogP contribution is -2.49. The number of fused-ring (bicyclic) bond motifs is 4. The van der Waals surface area contributed by atoms with Crippen molar-refractivity contribution in [1.29, 1.82) is 0 Å². The molecule has 0 aliphatic carbocycles. The number of hydrogen-bond acceptors (Lipinski definition) is 4. The van der Waals surface area contributed by atoms with Gasteiger partial charge >= 0.3 is 0 Å². The van der Waals surface area contributed by atoms with Crippen LogP contribution >= 0.6 is 0 Å². The van der Waals surface area contributed by atoms with Crippen LogP contribution in [0.3, 0.4) is 0 Å². The zero-order chi connectivity index (χ0) is 20.1. The fourth-order valence-electron chi connectivity index (χ4n) is 5.17. The first-order valence-electron chi connectivity index (χ1n) is 10.4. The molecule has 0 aromatic carbocycles. The van der Waals surface area contributed by atoms with E-state index in [0.29, 0.717) is 51.4 Å². The number of carbonyl (C=O) groups is 1. The summed E-state index contributed by atoms with van der Waals surface area (Å²) in [7, 11) is 0. The van der Waals surface area contributed by atoms with Gasteiger partial charge in [0.05, 0.1) is 6.20 Å². The number of H-pyrrole nitrogens is 1. The van der Waals surface area contributed by atoms with E-state index < -0.39 is 6.17 Å². The molecule has 7 nitrogen and oxygen atoms in total. The van der Waals surface area contributed by atoms with Crippen LogP contribution in [0.25, 0.3) is 0 Å². The van der Waals surface area contributed by atoms with Crippen LogP contribution in [0.1, 0.15) is 46.1 Å². The number of rotatable bonds is 3. The number of hydrogen-bond donors (Lipinski definition) is 1. The van der Waals surface area contributed by atoms with Gasteiger partial charge in [-0.2, -0.15) is 5.10 Å². The van der Waals surface area contributed by atoms with Crippen molar-refractivity contribution in [2.45, 2.75) is 44.9 Å². The number of carbonyl (C=O) groups excluding carboxylic acids is 1. The molecule has 2 aromatic rings. The first-order valence-corrected chi connectivity index (χ1v) is 10.4. The molecule has 5 heterocycles. The molecule has 8 heteroatoms. The van der Waals surface area contributed by atoms with Crippen LogP contribution in [0.2, 0.25) is 0 Å². The predicted molar refractivity (Wildman–Crippen MR) is 106 cm³/mol. The van der Waals surface area contributed by atoms with E-state index in [9.17, 15) is 14.0 Å². The van der Waals surface area contributed by atoms with Crippen molar-refractivity contribution < 1.29 is 9.18 Å². The number of nitrogens with zero attached hydrogens (tertiary/aromatic N) is 4. The lowest BCUT2D eigenvalue weighted by Gasteiger charge is -2.42. The number of aromatic amines is 1. The van der Waals surface area contributed by atoms with Crippen molar-refractivity contribution in [1.82, 2.24) is 24.6 Å². The average molecular weight is 399 g/mol. The molecule has 1 amide bonds. The zero-order valence-electron chi connectivity index (χ0n) is 16.6. The second-order valence-electron chi connectivity index (χ2n) is 8.76. The van der Waals surface area contributed by atoms with Crippen molar-refractivity contribution in [3.63, 3.8) is 0 Å². The molecule has 0 unspecified atom stereocenters. The highest BCUT2D eigenvalue weighted by Crippen LogP contribution is 2.35. The first kappa shape index (κ1) is 18.5. The summed E-state index contributed by atoms with van der Waals surface area (Å²) in [6, 6.07) is 3.94. The van der Waals surface area contributed by atoms with Crippen LogP contribution in [0.5, 0.6) is 0 Å². The molecule has 5 rings (SSSR count). The highest BCUT2D eigenvalue weighted by Gasteiger charge is 2.37. The second kappa shape index (κ2) is 7.09. The number of aryl methyl sites for hydroxylation is 1. The molecule has 2 fully saturated rings. The monoisotopic (exact) mass is 399 g/mol. The molecule has 0 spiro atoms. The van der Waals surface area contributed by atoms with E-state index in [4.69, 9.17) is 0 Å². The Labute approximate surface area is 168 Å². The Hall–Kier alpha value is -2.48. The van der Waals surface area contributed by atoms with Gasteiger partial charge in [-0.25, -0.2) is 4.39 Å². The van der Waals surface area contributed by atoms with Crippen LogP contribution < -0.4 is 5.56 Å². The lowest BCUT2D eigenvalue weighted by molar-refractivity contribution is 0.0587. The molecule has 3 aliphatic heterocycles. The van der Waals surface area contributed by atoms with E-state index in [1.165, 1.54) is 0 Å². The van der Waals surface area contributed by atoms with Gasteiger partial charge in [0.2, 0.25) is 0 Å². The molecule has 1 N–H and O–H groups in total. The summed E-state index contributed by atoms with van der Waals surface area (Å²) in [4.78, 5) is 29.9. The van der Waals surface area contributed by atoms with Gasteiger partial charge < -0.3 is 9.47 Å².